The number of carbonyl (C=O) groups excluding carboxylic acids is 1. The molecule has 0 spiro atoms. The third kappa shape index (κ3) is 4.35. The fraction of sp³-hybridized carbons (Fsp3) is 0.263. The molecular formula is C19H20FNO4. The summed E-state index contributed by atoms with van der Waals surface area (Å²) < 4.78 is 18.9. The summed E-state index contributed by atoms with van der Waals surface area (Å²) in [5.74, 6) is -1.91. The van der Waals surface area contributed by atoms with Crippen molar-refractivity contribution in [3.05, 3.63) is 59.9 Å². The van der Waals surface area contributed by atoms with Crippen LogP contribution in [0, 0.1) is 5.82 Å². The molecule has 0 heterocycles. The van der Waals surface area contributed by atoms with Gasteiger partial charge < -0.3 is 15.2 Å². The van der Waals surface area contributed by atoms with Crippen LogP contribution < -0.4 is 10.1 Å². The van der Waals surface area contributed by atoms with Crippen LogP contribution in [0.4, 0.5) is 10.1 Å². The second kappa shape index (κ2) is 7.34. The first-order valence-electron chi connectivity index (χ1n) is 7.78. The van der Waals surface area contributed by atoms with Crippen molar-refractivity contribution < 1.29 is 23.8 Å². The molecule has 0 fully saturated rings. The van der Waals surface area contributed by atoms with Crippen LogP contribution in [-0.2, 0) is 15.0 Å². The normalized spacial score (nSPS) is 12.3. The monoisotopic (exact) mass is 345 g/mol. The summed E-state index contributed by atoms with van der Waals surface area (Å²) in [5, 5.41) is 11.9. The van der Waals surface area contributed by atoms with E-state index in [4.69, 9.17) is 4.74 Å². The minimum atomic E-state index is -1.02. The number of amides is 1. The van der Waals surface area contributed by atoms with E-state index < -0.39 is 29.2 Å². The molecule has 132 valence electrons. The molecule has 2 N–H and O–H groups in total. The Morgan fingerprint density at radius 3 is 2.28 bits per heavy atom. The number of rotatable bonds is 6. The third-order valence-corrected chi connectivity index (χ3v) is 3.92. The molecule has 0 aliphatic rings. The summed E-state index contributed by atoms with van der Waals surface area (Å²) in [6.45, 7) is 4.73. The first kappa shape index (κ1) is 18.4. The molecule has 2 aromatic rings. The van der Waals surface area contributed by atoms with Crippen LogP contribution in [0.2, 0.25) is 0 Å². The number of anilines is 1. The quantitative estimate of drug-likeness (QED) is 0.839. The van der Waals surface area contributed by atoms with Crippen LogP contribution >= 0.6 is 0 Å². The molecule has 1 atom stereocenters. The molecular weight excluding hydrogens is 325 g/mol. The number of benzene rings is 2. The molecule has 0 bridgehead atoms. The largest absolute Gasteiger partial charge is 0.481 e. The summed E-state index contributed by atoms with van der Waals surface area (Å²) in [6.07, 6.45) is -0.896. The summed E-state index contributed by atoms with van der Waals surface area (Å²) in [4.78, 5) is 23.4. The van der Waals surface area contributed by atoms with Crippen molar-refractivity contribution in [2.24, 2.45) is 0 Å². The topological polar surface area (TPSA) is 75.6 Å². The van der Waals surface area contributed by atoms with E-state index >= 15 is 0 Å². The Morgan fingerprint density at radius 1 is 1.12 bits per heavy atom. The van der Waals surface area contributed by atoms with Crippen LogP contribution in [0.1, 0.15) is 26.3 Å². The molecule has 5 nitrogen and oxygen atoms in total. The maximum Gasteiger partial charge on any atom is 0.313 e. The lowest BCUT2D eigenvalue weighted by molar-refractivity contribution is -0.142. The number of hydrogen-bond acceptors (Lipinski definition) is 3. The average molecular weight is 345 g/mol. The van der Waals surface area contributed by atoms with Gasteiger partial charge in [-0.25, -0.2) is 4.39 Å². The highest BCUT2D eigenvalue weighted by atomic mass is 19.1. The molecule has 0 aromatic heterocycles. The number of aliphatic carboxylic acids is 1. The van der Waals surface area contributed by atoms with Crippen molar-refractivity contribution in [2.75, 3.05) is 5.32 Å². The standard InChI is InChI=1S/C19H20FNO4/c1-12(25-16-7-5-4-6-15(16)20)17(22)21-14-10-8-13(9-11-14)19(2,3)18(23)24/h4-12H,1-3H3,(H,21,22)(H,23,24). The molecule has 25 heavy (non-hydrogen) atoms. The smallest absolute Gasteiger partial charge is 0.313 e. The second-order valence-electron chi connectivity index (χ2n) is 6.19. The van der Waals surface area contributed by atoms with Crippen molar-refractivity contribution >= 4 is 17.6 Å². The van der Waals surface area contributed by atoms with E-state index in [-0.39, 0.29) is 5.75 Å². The van der Waals surface area contributed by atoms with Crippen molar-refractivity contribution in [2.45, 2.75) is 32.3 Å². The summed E-state index contributed by atoms with van der Waals surface area (Å²) in [5.41, 5.74) is 0.0941. The highest BCUT2D eigenvalue weighted by molar-refractivity contribution is 5.94. The van der Waals surface area contributed by atoms with Gasteiger partial charge in [-0.3, -0.25) is 9.59 Å². The fourth-order valence-corrected chi connectivity index (χ4v) is 2.12. The summed E-state index contributed by atoms with van der Waals surface area (Å²) >= 11 is 0. The Bertz CT molecular complexity index is 771. The van der Waals surface area contributed by atoms with Gasteiger partial charge in [0.05, 0.1) is 5.41 Å². The molecule has 0 aliphatic heterocycles. The molecule has 0 aliphatic carbocycles. The highest BCUT2D eigenvalue weighted by Crippen LogP contribution is 2.25. The first-order chi connectivity index (χ1) is 11.7. The van der Waals surface area contributed by atoms with Gasteiger partial charge in [0.15, 0.2) is 17.7 Å². The molecule has 6 heteroatoms. The van der Waals surface area contributed by atoms with Crippen LogP contribution in [0.5, 0.6) is 5.75 Å². The maximum atomic E-state index is 13.6. The van der Waals surface area contributed by atoms with Crippen molar-refractivity contribution in [3.8, 4) is 5.75 Å². The van der Waals surface area contributed by atoms with Gasteiger partial charge in [0.25, 0.3) is 5.91 Å². The Morgan fingerprint density at radius 2 is 1.72 bits per heavy atom. The lowest BCUT2D eigenvalue weighted by Gasteiger charge is -2.20. The fourth-order valence-electron chi connectivity index (χ4n) is 2.12. The number of hydrogen-bond donors (Lipinski definition) is 2. The lowest BCUT2D eigenvalue weighted by Crippen LogP contribution is -2.30. The minimum absolute atomic E-state index is 0.00343. The van der Waals surface area contributed by atoms with Gasteiger partial charge in [0, 0.05) is 5.69 Å². The predicted octanol–water partition coefficient (Wildman–Crippen LogP) is 3.59. The summed E-state index contributed by atoms with van der Waals surface area (Å²) in [6, 6.07) is 12.4. The predicted molar refractivity (Wildman–Crippen MR) is 92.2 cm³/mol. The Hall–Kier alpha value is -2.89. The van der Waals surface area contributed by atoms with E-state index in [1.807, 2.05) is 0 Å². The number of ether oxygens (including phenoxy) is 1. The van der Waals surface area contributed by atoms with Gasteiger partial charge in [-0.15, -0.1) is 0 Å². The van der Waals surface area contributed by atoms with E-state index in [0.717, 1.165) is 0 Å². The molecule has 0 saturated heterocycles. The van der Waals surface area contributed by atoms with Crippen LogP contribution in [0.3, 0.4) is 0 Å². The van der Waals surface area contributed by atoms with Crippen molar-refractivity contribution in [3.63, 3.8) is 0 Å². The van der Waals surface area contributed by atoms with Crippen molar-refractivity contribution in [1.29, 1.82) is 0 Å². The number of carboxylic acids is 1. The molecule has 2 aromatic carbocycles. The van der Waals surface area contributed by atoms with Crippen LogP contribution in [0.15, 0.2) is 48.5 Å². The van der Waals surface area contributed by atoms with E-state index in [1.165, 1.54) is 25.1 Å². The Kier molecular flexibility index (Phi) is 5.41. The van der Waals surface area contributed by atoms with Gasteiger partial charge >= 0.3 is 5.97 Å². The maximum absolute atomic E-state index is 13.6. The van der Waals surface area contributed by atoms with E-state index in [2.05, 4.69) is 5.32 Å². The van der Waals surface area contributed by atoms with E-state index in [9.17, 15) is 19.1 Å². The molecule has 2 rings (SSSR count). The number of carboxylic acid groups (broad SMARTS) is 1. The SMILES string of the molecule is CC(Oc1ccccc1F)C(=O)Nc1ccc(C(C)(C)C(=O)O)cc1. The average Bonchev–Trinajstić information content (AvgIpc) is 2.57. The minimum Gasteiger partial charge on any atom is -0.481 e. The zero-order valence-corrected chi connectivity index (χ0v) is 14.2. The lowest BCUT2D eigenvalue weighted by atomic mass is 9.85. The molecule has 0 saturated carbocycles. The molecule has 0 radical (unpaired) electrons. The van der Waals surface area contributed by atoms with Gasteiger partial charge in [-0.2, -0.15) is 0 Å². The highest BCUT2D eigenvalue weighted by Gasteiger charge is 2.29. The van der Waals surface area contributed by atoms with Gasteiger partial charge in [-0.1, -0.05) is 24.3 Å². The van der Waals surface area contributed by atoms with E-state index in [0.29, 0.717) is 11.3 Å². The molecule has 1 unspecified atom stereocenters. The number of para-hydroxylation sites is 1. The van der Waals surface area contributed by atoms with Crippen LogP contribution in [0.25, 0.3) is 0 Å². The Balaban J connectivity index is 2.03. The van der Waals surface area contributed by atoms with Gasteiger partial charge in [0.2, 0.25) is 0 Å². The van der Waals surface area contributed by atoms with Crippen molar-refractivity contribution in [1.82, 2.24) is 0 Å². The van der Waals surface area contributed by atoms with Crippen LogP contribution in [-0.4, -0.2) is 23.1 Å². The zero-order valence-electron chi connectivity index (χ0n) is 14.2. The number of nitrogens with one attached hydrogen (secondary N) is 1. The molecule has 1 amide bonds. The third-order valence-electron chi connectivity index (χ3n) is 3.92. The number of halogens is 1. The summed E-state index contributed by atoms with van der Waals surface area (Å²) in [7, 11) is 0. The first-order valence-corrected chi connectivity index (χ1v) is 7.78. The second-order valence-corrected chi connectivity index (χ2v) is 6.19. The number of carbonyl (C=O) groups is 2. The van der Waals surface area contributed by atoms with Gasteiger partial charge in [0.1, 0.15) is 0 Å². The van der Waals surface area contributed by atoms with Gasteiger partial charge in [-0.05, 0) is 50.6 Å². The Labute approximate surface area is 145 Å². The van der Waals surface area contributed by atoms with E-state index in [1.54, 1.807) is 44.2 Å². The zero-order chi connectivity index (χ0) is 18.6.